The van der Waals surface area contributed by atoms with Crippen LogP contribution >= 0.6 is 11.8 Å². The molecule has 0 saturated carbocycles. The van der Waals surface area contributed by atoms with E-state index in [-0.39, 0.29) is 23.7 Å². The molecule has 1 aliphatic heterocycles. The molecule has 10 nitrogen and oxygen atoms in total. The first-order valence-corrected chi connectivity index (χ1v) is 12.3. The smallest absolute Gasteiger partial charge is 0.338 e. The van der Waals surface area contributed by atoms with Gasteiger partial charge in [0.2, 0.25) is 11.8 Å². The van der Waals surface area contributed by atoms with Gasteiger partial charge in [-0.25, -0.2) is 9.78 Å². The number of benzene rings is 1. The molecule has 3 heterocycles. The first kappa shape index (κ1) is 24.4. The number of amides is 2. The van der Waals surface area contributed by atoms with E-state index in [1.807, 2.05) is 18.2 Å². The average Bonchev–Trinajstić information content (AvgIpc) is 3.44. The second-order valence-electron chi connectivity index (χ2n) is 8.21. The molecule has 0 bridgehead atoms. The number of esters is 1. The zero-order valence-corrected chi connectivity index (χ0v) is 20.3. The number of hydrogen-bond acceptors (Lipinski definition) is 8. The molecule has 35 heavy (non-hydrogen) atoms. The average molecular weight is 495 g/mol. The van der Waals surface area contributed by atoms with E-state index in [9.17, 15) is 14.4 Å². The molecule has 3 aromatic rings. The lowest BCUT2D eigenvalue weighted by molar-refractivity contribution is -0.128. The fourth-order valence-electron chi connectivity index (χ4n) is 3.55. The molecular weight excluding hydrogens is 468 g/mol. The topological polar surface area (TPSA) is 119 Å². The highest BCUT2D eigenvalue weighted by Gasteiger charge is 2.24. The van der Waals surface area contributed by atoms with Crippen molar-refractivity contribution >= 4 is 35.2 Å². The van der Waals surface area contributed by atoms with Gasteiger partial charge in [0.05, 0.1) is 24.0 Å². The van der Waals surface area contributed by atoms with Crippen molar-refractivity contribution in [2.45, 2.75) is 44.5 Å². The largest absolute Gasteiger partial charge is 0.459 e. The van der Waals surface area contributed by atoms with Gasteiger partial charge in [0.25, 0.3) is 0 Å². The van der Waals surface area contributed by atoms with Gasteiger partial charge in [-0.2, -0.15) is 0 Å². The molecule has 11 heteroatoms. The minimum Gasteiger partial charge on any atom is -0.459 e. The number of likely N-dealkylation sites (tertiary alicyclic amines) is 1. The zero-order valence-electron chi connectivity index (χ0n) is 19.5. The molecule has 1 fully saturated rings. The summed E-state index contributed by atoms with van der Waals surface area (Å²) in [6, 6.07) is 12.0. The Balaban J connectivity index is 1.42. The van der Waals surface area contributed by atoms with Gasteiger partial charge >= 0.3 is 5.97 Å². The minimum atomic E-state index is -0.409. The molecular formula is C24H26N6O4S. The van der Waals surface area contributed by atoms with Crippen molar-refractivity contribution in [2.75, 3.05) is 17.6 Å². The molecule has 4 rings (SSSR count). The highest BCUT2D eigenvalue weighted by Crippen LogP contribution is 2.23. The zero-order chi connectivity index (χ0) is 24.8. The predicted molar refractivity (Wildman–Crippen MR) is 130 cm³/mol. The van der Waals surface area contributed by atoms with Crippen molar-refractivity contribution in [2.24, 2.45) is 0 Å². The van der Waals surface area contributed by atoms with Crippen molar-refractivity contribution in [3.05, 3.63) is 60.0 Å². The molecule has 0 aliphatic carbocycles. The third-order valence-electron chi connectivity index (χ3n) is 5.16. The van der Waals surface area contributed by atoms with E-state index < -0.39 is 5.97 Å². The second kappa shape index (κ2) is 11.1. The SMILES string of the molecule is CC(C)OC(=O)c1ccc(NC(=O)CSc2nnc(CN3CCCC3=O)n2-c2ccccn2)cc1. The lowest BCUT2D eigenvalue weighted by Gasteiger charge is -2.16. The number of aromatic nitrogens is 4. The number of anilines is 1. The summed E-state index contributed by atoms with van der Waals surface area (Å²) in [5.74, 6) is 0.743. The molecule has 1 saturated heterocycles. The standard InChI is InChI=1S/C24H26N6O4S/c1-16(2)34-23(33)17-8-10-18(11-9-17)26-21(31)15-35-24-28-27-20(14-29-13-5-7-22(29)32)30(24)19-6-3-4-12-25-19/h3-4,6,8-12,16H,5,7,13-15H2,1-2H3,(H,26,31). The van der Waals surface area contributed by atoms with Gasteiger partial charge in [0, 0.05) is 24.8 Å². The summed E-state index contributed by atoms with van der Waals surface area (Å²) in [5, 5.41) is 11.9. The Hall–Kier alpha value is -3.73. The predicted octanol–water partition coefficient (Wildman–Crippen LogP) is 3.08. The van der Waals surface area contributed by atoms with Crippen LogP contribution in [-0.4, -0.2) is 60.8 Å². The summed E-state index contributed by atoms with van der Waals surface area (Å²) in [6.07, 6.45) is 2.84. The number of nitrogens with zero attached hydrogens (tertiary/aromatic N) is 5. The van der Waals surface area contributed by atoms with Crippen molar-refractivity contribution in [3.8, 4) is 5.82 Å². The Bertz CT molecular complexity index is 1200. The summed E-state index contributed by atoms with van der Waals surface area (Å²) in [5.41, 5.74) is 0.981. The summed E-state index contributed by atoms with van der Waals surface area (Å²) in [6.45, 7) is 4.59. The number of thioether (sulfide) groups is 1. The number of ether oxygens (including phenoxy) is 1. The Morgan fingerprint density at radius 1 is 1.14 bits per heavy atom. The van der Waals surface area contributed by atoms with E-state index in [1.54, 1.807) is 53.8 Å². The van der Waals surface area contributed by atoms with Gasteiger partial charge in [-0.05, 0) is 56.7 Å². The molecule has 0 unspecified atom stereocenters. The monoisotopic (exact) mass is 494 g/mol. The van der Waals surface area contributed by atoms with Crippen molar-refractivity contribution in [1.82, 2.24) is 24.6 Å². The third kappa shape index (κ3) is 6.24. The lowest BCUT2D eigenvalue weighted by atomic mass is 10.2. The van der Waals surface area contributed by atoms with E-state index in [2.05, 4.69) is 20.5 Å². The summed E-state index contributed by atoms with van der Waals surface area (Å²) >= 11 is 1.22. The molecule has 1 N–H and O–H groups in total. The van der Waals surface area contributed by atoms with Crippen LogP contribution in [0.4, 0.5) is 5.69 Å². The maximum absolute atomic E-state index is 12.6. The van der Waals surface area contributed by atoms with Crippen LogP contribution in [0.5, 0.6) is 0 Å². The van der Waals surface area contributed by atoms with Gasteiger partial charge in [-0.1, -0.05) is 17.8 Å². The van der Waals surface area contributed by atoms with E-state index in [4.69, 9.17) is 4.74 Å². The quantitative estimate of drug-likeness (QED) is 0.356. The van der Waals surface area contributed by atoms with E-state index >= 15 is 0 Å². The van der Waals surface area contributed by atoms with Crippen molar-refractivity contribution in [3.63, 3.8) is 0 Å². The molecule has 2 amide bonds. The normalized spacial score (nSPS) is 13.3. The number of rotatable bonds is 9. The van der Waals surface area contributed by atoms with Crippen LogP contribution in [0.3, 0.4) is 0 Å². The first-order valence-electron chi connectivity index (χ1n) is 11.3. The number of carbonyl (C=O) groups excluding carboxylic acids is 3. The maximum Gasteiger partial charge on any atom is 0.338 e. The van der Waals surface area contributed by atoms with Gasteiger partial charge in [-0.3, -0.25) is 14.2 Å². The van der Waals surface area contributed by atoms with Crippen LogP contribution in [0, 0.1) is 0 Å². The second-order valence-corrected chi connectivity index (χ2v) is 9.15. The van der Waals surface area contributed by atoms with Crippen LogP contribution in [-0.2, 0) is 20.9 Å². The van der Waals surface area contributed by atoms with Crippen molar-refractivity contribution < 1.29 is 19.1 Å². The van der Waals surface area contributed by atoms with Crippen LogP contribution in [0.25, 0.3) is 5.82 Å². The van der Waals surface area contributed by atoms with E-state index in [0.717, 1.165) is 6.42 Å². The number of pyridine rings is 1. The Labute approximate surface area is 207 Å². The molecule has 1 aliphatic rings. The highest BCUT2D eigenvalue weighted by atomic mass is 32.2. The Morgan fingerprint density at radius 2 is 1.94 bits per heavy atom. The number of nitrogens with one attached hydrogen (secondary N) is 1. The molecule has 0 atom stereocenters. The van der Waals surface area contributed by atoms with Crippen LogP contribution in [0.15, 0.2) is 53.8 Å². The molecule has 2 aromatic heterocycles. The summed E-state index contributed by atoms with van der Waals surface area (Å²) < 4.78 is 6.95. The third-order valence-corrected chi connectivity index (χ3v) is 6.09. The highest BCUT2D eigenvalue weighted by molar-refractivity contribution is 7.99. The lowest BCUT2D eigenvalue weighted by Crippen LogP contribution is -2.26. The van der Waals surface area contributed by atoms with Crippen LogP contribution < -0.4 is 5.32 Å². The Kier molecular flexibility index (Phi) is 7.76. The van der Waals surface area contributed by atoms with Gasteiger partial charge in [-0.15, -0.1) is 10.2 Å². The Morgan fingerprint density at radius 3 is 2.60 bits per heavy atom. The van der Waals surface area contributed by atoms with Crippen LogP contribution in [0.2, 0.25) is 0 Å². The van der Waals surface area contributed by atoms with Gasteiger partial charge in [0.1, 0.15) is 5.82 Å². The number of hydrogen-bond donors (Lipinski definition) is 1. The van der Waals surface area contributed by atoms with Gasteiger partial charge in [0.15, 0.2) is 11.0 Å². The fraction of sp³-hybridized carbons (Fsp3) is 0.333. The number of carbonyl (C=O) groups is 3. The van der Waals surface area contributed by atoms with E-state index in [1.165, 1.54) is 11.8 Å². The maximum atomic E-state index is 12.6. The fourth-order valence-corrected chi connectivity index (χ4v) is 4.31. The first-order chi connectivity index (χ1) is 16.9. The molecule has 1 aromatic carbocycles. The van der Waals surface area contributed by atoms with Gasteiger partial charge < -0.3 is 15.0 Å². The molecule has 0 radical (unpaired) electrons. The van der Waals surface area contributed by atoms with E-state index in [0.29, 0.717) is 47.6 Å². The van der Waals surface area contributed by atoms with Crippen LogP contribution in [0.1, 0.15) is 42.9 Å². The molecule has 182 valence electrons. The summed E-state index contributed by atoms with van der Waals surface area (Å²) in [7, 11) is 0. The van der Waals surface area contributed by atoms with Crippen molar-refractivity contribution in [1.29, 1.82) is 0 Å². The molecule has 0 spiro atoms. The summed E-state index contributed by atoms with van der Waals surface area (Å²) in [4.78, 5) is 42.8. The minimum absolute atomic E-state index is 0.0880.